The number of benzene rings is 1. The van der Waals surface area contributed by atoms with E-state index in [1.165, 1.54) is 6.07 Å². The van der Waals surface area contributed by atoms with Gasteiger partial charge < -0.3 is 9.83 Å². The molecule has 0 spiro atoms. The minimum atomic E-state index is -0.507. The second-order valence-electron chi connectivity index (χ2n) is 4.06. The van der Waals surface area contributed by atoms with Gasteiger partial charge in [-0.2, -0.15) is 0 Å². The van der Waals surface area contributed by atoms with Crippen LogP contribution in [-0.4, -0.2) is 28.4 Å². The molecule has 1 aromatic carbocycles. The number of hydrogen-bond acceptors (Lipinski definition) is 4. The van der Waals surface area contributed by atoms with Gasteiger partial charge in [-0.3, -0.25) is 10.1 Å². The fraction of sp³-hybridized carbons (Fsp3) is 0.400. The fourth-order valence-corrected chi connectivity index (χ4v) is 2.00. The summed E-state index contributed by atoms with van der Waals surface area (Å²) in [4.78, 5) is 12.2. The van der Waals surface area contributed by atoms with E-state index in [2.05, 4.69) is 0 Å². The van der Waals surface area contributed by atoms with Crippen molar-refractivity contribution in [3.8, 4) is 0 Å². The summed E-state index contributed by atoms with van der Waals surface area (Å²) < 4.78 is 0. The summed E-state index contributed by atoms with van der Waals surface area (Å²) in [5.41, 5.74) is 2.20. The van der Waals surface area contributed by atoms with Gasteiger partial charge in [-0.05, 0) is 30.9 Å². The Balaban J connectivity index is 2.28. The highest BCUT2D eigenvalue weighted by molar-refractivity contribution is 6.45. The Kier molecular flexibility index (Phi) is 2.94. The van der Waals surface area contributed by atoms with Crippen molar-refractivity contribution in [2.24, 2.45) is 0 Å². The summed E-state index contributed by atoms with van der Waals surface area (Å²) >= 11 is 0. The van der Waals surface area contributed by atoms with E-state index in [0.29, 0.717) is 6.54 Å². The Hall–Kier alpha value is -1.40. The lowest BCUT2D eigenvalue weighted by Crippen LogP contribution is -2.40. The molecule has 16 heavy (non-hydrogen) atoms. The van der Waals surface area contributed by atoms with E-state index in [4.69, 9.17) is 0 Å². The van der Waals surface area contributed by atoms with Gasteiger partial charge in [0, 0.05) is 18.7 Å². The molecule has 0 atom stereocenters. The minimum Gasteiger partial charge on any atom is -0.437 e. The van der Waals surface area contributed by atoms with E-state index in [1.54, 1.807) is 12.9 Å². The molecule has 0 radical (unpaired) electrons. The van der Waals surface area contributed by atoms with Crippen LogP contribution in [0.4, 0.5) is 5.69 Å². The largest absolute Gasteiger partial charge is 0.437 e. The van der Waals surface area contributed by atoms with Crippen LogP contribution in [0.3, 0.4) is 0 Å². The number of nitro benzene ring substituents is 1. The van der Waals surface area contributed by atoms with Crippen LogP contribution in [0.15, 0.2) is 18.2 Å². The molecule has 1 aliphatic heterocycles. The van der Waals surface area contributed by atoms with Crippen LogP contribution in [0.2, 0.25) is 6.82 Å². The number of hydrogen-bond donors (Lipinski definition) is 1. The number of nitro groups is 1. The van der Waals surface area contributed by atoms with Gasteiger partial charge in [-0.15, -0.1) is 0 Å². The molecule has 1 aliphatic rings. The molecule has 1 heterocycles. The molecule has 0 bridgehead atoms. The third-order valence-corrected chi connectivity index (χ3v) is 2.97. The van der Waals surface area contributed by atoms with Gasteiger partial charge in [-0.1, -0.05) is 6.07 Å². The molecule has 0 fully saturated rings. The summed E-state index contributed by atoms with van der Waals surface area (Å²) in [5, 5.41) is 20.1. The zero-order valence-electron chi connectivity index (χ0n) is 9.09. The molecule has 1 N–H and O–H groups in total. The second kappa shape index (κ2) is 4.23. The van der Waals surface area contributed by atoms with Crippen molar-refractivity contribution in [1.29, 1.82) is 0 Å². The first-order chi connectivity index (χ1) is 7.58. The molecule has 5 nitrogen and oxygen atoms in total. The Morgan fingerprint density at radius 1 is 1.50 bits per heavy atom. The molecule has 0 aromatic heterocycles. The van der Waals surface area contributed by atoms with Gasteiger partial charge in [0.25, 0.3) is 5.69 Å². The summed E-state index contributed by atoms with van der Waals surface area (Å²) in [6.07, 6.45) is 0.832. The molecule has 1 aromatic rings. The number of nitrogens with zero attached hydrogens (tertiary/aromatic N) is 2. The van der Waals surface area contributed by atoms with E-state index in [1.807, 2.05) is 10.9 Å². The van der Waals surface area contributed by atoms with Gasteiger partial charge >= 0.3 is 7.05 Å². The molecular formula is C10H13BN2O3. The SMILES string of the molecule is CB(O)N1CCc2ccc([N+](=O)[O-])cc2C1. The molecule has 0 saturated carbocycles. The molecule has 0 saturated heterocycles. The van der Waals surface area contributed by atoms with Crippen molar-refractivity contribution < 1.29 is 9.95 Å². The number of fused-ring (bicyclic) bond motifs is 1. The lowest BCUT2D eigenvalue weighted by Gasteiger charge is -2.29. The highest BCUT2D eigenvalue weighted by atomic mass is 16.6. The van der Waals surface area contributed by atoms with Crippen molar-refractivity contribution in [3.63, 3.8) is 0 Å². The molecule has 0 amide bonds. The predicted molar refractivity (Wildman–Crippen MR) is 61.0 cm³/mol. The Morgan fingerprint density at radius 3 is 2.88 bits per heavy atom. The summed E-state index contributed by atoms with van der Waals surface area (Å²) in [5.74, 6) is 0. The topological polar surface area (TPSA) is 66.6 Å². The molecule has 0 aliphatic carbocycles. The Morgan fingerprint density at radius 2 is 2.25 bits per heavy atom. The third-order valence-electron chi connectivity index (χ3n) is 2.97. The highest BCUT2D eigenvalue weighted by Crippen LogP contribution is 2.23. The van der Waals surface area contributed by atoms with Crippen molar-refractivity contribution in [2.45, 2.75) is 19.8 Å². The zero-order chi connectivity index (χ0) is 11.7. The Labute approximate surface area is 94.0 Å². The van der Waals surface area contributed by atoms with Crippen molar-refractivity contribution >= 4 is 12.7 Å². The molecular weight excluding hydrogens is 207 g/mol. The first-order valence-corrected chi connectivity index (χ1v) is 5.26. The van der Waals surface area contributed by atoms with Crippen LogP contribution < -0.4 is 0 Å². The van der Waals surface area contributed by atoms with Crippen LogP contribution in [0.5, 0.6) is 0 Å². The van der Waals surface area contributed by atoms with Crippen LogP contribution >= 0.6 is 0 Å². The number of rotatable bonds is 2. The first-order valence-electron chi connectivity index (χ1n) is 5.26. The van der Waals surface area contributed by atoms with Crippen molar-refractivity contribution in [1.82, 2.24) is 4.81 Å². The fourth-order valence-electron chi connectivity index (χ4n) is 2.00. The van der Waals surface area contributed by atoms with E-state index in [9.17, 15) is 15.1 Å². The summed E-state index contributed by atoms with van der Waals surface area (Å²) in [6, 6.07) is 4.95. The Bertz CT molecular complexity index is 423. The zero-order valence-corrected chi connectivity index (χ0v) is 9.09. The third kappa shape index (κ3) is 2.07. The van der Waals surface area contributed by atoms with Crippen LogP contribution in [-0.2, 0) is 13.0 Å². The normalized spacial score (nSPS) is 15.6. The van der Waals surface area contributed by atoms with E-state index < -0.39 is 7.05 Å². The average Bonchev–Trinajstić information content (AvgIpc) is 2.27. The van der Waals surface area contributed by atoms with Gasteiger partial charge in [0.2, 0.25) is 0 Å². The summed E-state index contributed by atoms with van der Waals surface area (Å²) in [6.45, 7) is 3.08. The van der Waals surface area contributed by atoms with E-state index in [-0.39, 0.29) is 10.6 Å². The molecule has 84 valence electrons. The average molecular weight is 220 g/mol. The quantitative estimate of drug-likeness (QED) is 0.459. The van der Waals surface area contributed by atoms with Gasteiger partial charge in [0.05, 0.1) is 4.92 Å². The first kappa shape index (κ1) is 11.1. The van der Waals surface area contributed by atoms with Gasteiger partial charge in [0.1, 0.15) is 0 Å². The monoisotopic (exact) mass is 220 g/mol. The molecule has 0 unspecified atom stereocenters. The minimum absolute atomic E-state index is 0.117. The molecule has 6 heteroatoms. The predicted octanol–water partition coefficient (Wildman–Crippen LogP) is 1.06. The second-order valence-corrected chi connectivity index (χ2v) is 4.06. The maximum Gasteiger partial charge on any atom is 0.376 e. The maximum absolute atomic E-state index is 10.6. The van der Waals surface area contributed by atoms with Crippen molar-refractivity contribution in [2.75, 3.05) is 6.54 Å². The van der Waals surface area contributed by atoms with Gasteiger partial charge in [0.15, 0.2) is 0 Å². The maximum atomic E-state index is 10.6. The van der Waals surface area contributed by atoms with Crippen LogP contribution in [0.1, 0.15) is 11.1 Å². The van der Waals surface area contributed by atoms with Crippen LogP contribution in [0, 0.1) is 10.1 Å². The van der Waals surface area contributed by atoms with E-state index >= 15 is 0 Å². The van der Waals surface area contributed by atoms with Crippen molar-refractivity contribution in [3.05, 3.63) is 39.4 Å². The lowest BCUT2D eigenvalue weighted by atomic mass is 9.81. The number of non-ortho nitro benzene ring substituents is 1. The van der Waals surface area contributed by atoms with E-state index in [0.717, 1.165) is 24.1 Å². The van der Waals surface area contributed by atoms with Crippen LogP contribution in [0.25, 0.3) is 0 Å². The highest BCUT2D eigenvalue weighted by Gasteiger charge is 2.23. The summed E-state index contributed by atoms with van der Waals surface area (Å²) in [7, 11) is -0.507. The van der Waals surface area contributed by atoms with Gasteiger partial charge in [-0.25, -0.2) is 0 Å². The smallest absolute Gasteiger partial charge is 0.376 e. The lowest BCUT2D eigenvalue weighted by molar-refractivity contribution is -0.385. The molecule has 2 rings (SSSR count). The standard InChI is InChI=1S/C10H13BN2O3/c1-11(14)12-5-4-8-2-3-10(13(15)16)6-9(8)7-12/h2-3,6,14H,4-5,7H2,1H3.